The Kier molecular flexibility index (Phi) is 5.76. The number of hydrogen-bond acceptors (Lipinski definition) is 3. The molecule has 0 unspecified atom stereocenters. The first-order valence-corrected chi connectivity index (χ1v) is 6.47. The number of rotatable bonds is 5. The summed E-state index contributed by atoms with van der Waals surface area (Å²) >= 11 is 6.00. The SMILES string of the molecule is CCCNC(=O)CN(C)C(=O)c1cnc(C)cc1Cl. The van der Waals surface area contributed by atoms with Crippen molar-refractivity contribution in [2.24, 2.45) is 0 Å². The molecular formula is C13H18ClN3O2. The summed E-state index contributed by atoms with van der Waals surface area (Å²) in [4.78, 5) is 29.0. The van der Waals surface area contributed by atoms with Gasteiger partial charge in [0.2, 0.25) is 5.91 Å². The Hall–Kier alpha value is -1.62. The van der Waals surface area contributed by atoms with E-state index in [4.69, 9.17) is 11.6 Å². The maximum absolute atomic E-state index is 12.1. The molecule has 0 saturated heterocycles. The van der Waals surface area contributed by atoms with E-state index in [1.807, 2.05) is 6.92 Å². The van der Waals surface area contributed by atoms with Crippen LogP contribution in [-0.4, -0.2) is 41.8 Å². The maximum atomic E-state index is 12.1. The highest BCUT2D eigenvalue weighted by Crippen LogP contribution is 2.17. The van der Waals surface area contributed by atoms with Crippen LogP contribution in [0.25, 0.3) is 0 Å². The second-order valence-corrected chi connectivity index (χ2v) is 4.72. The molecule has 0 bridgehead atoms. The van der Waals surface area contributed by atoms with Gasteiger partial charge in [-0.2, -0.15) is 0 Å². The number of carbonyl (C=O) groups excluding carboxylic acids is 2. The number of hydrogen-bond donors (Lipinski definition) is 1. The lowest BCUT2D eigenvalue weighted by atomic mass is 10.2. The first-order valence-electron chi connectivity index (χ1n) is 6.10. The number of halogens is 1. The van der Waals surface area contributed by atoms with Gasteiger partial charge in [0.15, 0.2) is 0 Å². The number of pyridine rings is 1. The minimum absolute atomic E-state index is 0.00301. The number of aryl methyl sites for hydroxylation is 1. The molecule has 19 heavy (non-hydrogen) atoms. The van der Waals surface area contributed by atoms with Crippen molar-refractivity contribution in [1.82, 2.24) is 15.2 Å². The van der Waals surface area contributed by atoms with Gasteiger partial charge in [0, 0.05) is 25.5 Å². The lowest BCUT2D eigenvalue weighted by Gasteiger charge is -2.17. The summed E-state index contributed by atoms with van der Waals surface area (Å²) in [7, 11) is 1.56. The highest BCUT2D eigenvalue weighted by atomic mass is 35.5. The fourth-order valence-corrected chi connectivity index (χ4v) is 1.78. The van der Waals surface area contributed by atoms with Crippen molar-refractivity contribution in [3.63, 3.8) is 0 Å². The fourth-order valence-electron chi connectivity index (χ4n) is 1.50. The molecule has 5 nitrogen and oxygen atoms in total. The van der Waals surface area contributed by atoms with Crippen molar-refractivity contribution in [2.75, 3.05) is 20.1 Å². The summed E-state index contributed by atoms with van der Waals surface area (Å²) in [6, 6.07) is 1.62. The number of likely N-dealkylation sites (N-methyl/N-ethyl adjacent to an activating group) is 1. The van der Waals surface area contributed by atoms with E-state index < -0.39 is 0 Å². The second-order valence-electron chi connectivity index (χ2n) is 4.32. The summed E-state index contributed by atoms with van der Waals surface area (Å²) in [5, 5.41) is 3.06. The summed E-state index contributed by atoms with van der Waals surface area (Å²) < 4.78 is 0. The first kappa shape index (κ1) is 15.4. The Bertz CT molecular complexity index is 477. The molecule has 0 radical (unpaired) electrons. The van der Waals surface area contributed by atoms with Gasteiger partial charge in [-0.1, -0.05) is 18.5 Å². The summed E-state index contributed by atoms with van der Waals surface area (Å²) in [5.41, 5.74) is 1.04. The highest BCUT2D eigenvalue weighted by Gasteiger charge is 2.17. The molecule has 0 aromatic carbocycles. The maximum Gasteiger partial charge on any atom is 0.257 e. The third-order valence-corrected chi connectivity index (χ3v) is 2.83. The van der Waals surface area contributed by atoms with Crippen molar-refractivity contribution >= 4 is 23.4 Å². The number of aromatic nitrogens is 1. The van der Waals surface area contributed by atoms with E-state index in [0.29, 0.717) is 17.1 Å². The summed E-state index contributed by atoms with van der Waals surface area (Å²) in [5.74, 6) is -0.502. The largest absolute Gasteiger partial charge is 0.355 e. The van der Waals surface area contributed by atoms with E-state index in [-0.39, 0.29) is 18.4 Å². The Labute approximate surface area is 118 Å². The molecule has 2 amide bonds. The molecule has 1 N–H and O–H groups in total. The third-order valence-electron chi connectivity index (χ3n) is 2.52. The van der Waals surface area contributed by atoms with Crippen LogP contribution in [0, 0.1) is 6.92 Å². The van der Waals surface area contributed by atoms with Gasteiger partial charge in [-0.15, -0.1) is 0 Å². The van der Waals surface area contributed by atoms with Crippen LogP contribution >= 0.6 is 11.6 Å². The molecule has 1 heterocycles. The molecule has 0 fully saturated rings. The van der Waals surface area contributed by atoms with Gasteiger partial charge in [0.25, 0.3) is 5.91 Å². The Morgan fingerprint density at radius 1 is 1.47 bits per heavy atom. The Morgan fingerprint density at radius 2 is 2.16 bits per heavy atom. The van der Waals surface area contributed by atoms with Crippen molar-refractivity contribution in [2.45, 2.75) is 20.3 Å². The van der Waals surface area contributed by atoms with Crippen LogP contribution in [-0.2, 0) is 4.79 Å². The lowest BCUT2D eigenvalue weighted by Crippen LogP contribution is -2.38. The van der Waals surface area contributed by atoms with Gasteiger partial charge < -0.3 is 10.2 Å². The molecule has 0 aliphatic rings. The molecule has 0 aliphatic carbocycles. The molecule has 104 valence electrons. The van der Waals surface area contributed by atoms with Crippen LogP contribution in [0.1, 0.15) is 29.4 Å². The normalized spacial score (nSPS) is 10.1. The van der Waals surface area contributed by atoms with Gasteiger partial charge in [-0.3, -0.25) is 14.6 Å². The Morgan fingerprint density at radius 3 is 2.74 bits per heavy atom. The quantitative estimate of drug-likeness (QED) is 0.894. The topological polar surface area (TPSA) is 62.3 Å². The number of nitrogens with one attached hydrogen (secondary N) is 1. The number of nitrogens with zero attached hydrogens (tertiary/aromatic N) is 2. The van der Waals surface area contributed by atoms with Gasteiger partial charge in [0.05, 0.1) is 17.1 Å². The fraction of sp³-hybridized carbons (Fsp3) is 0.462. The third kappa shape index (κ3) is 4.52. The monoisotopic (exact) mass is 283 g/mol. The molecule has 6 heteroatoms. The van der Waals surface area contributed by atoms with Crippen LogP contribution in [0.15, 0.2) is 12.3 Å². The first-order chi connectivity index (χ1) is 8.95. The molecule has 1 aromatic heterocycles. The van der Waals surface area contributed by atoms with Gasteiger partial charge in [0.1, 0.15) is 0 Å². The van der Waals surface area contributed by atoms with E-state index in [1.165, 1.54) is 11.1 Å². The standard InChI is InChI=1S/C13H18ClN3O2/c1-4-5-15-12(18)8-17(3)13(19)10-7-16-9(2)6-11(10)14/h6-7H,4-5,8H2,1-3H3,(H,15,18). The molecule has 1 rings (SSSR count). The van der Waals surface area contributed by atoms with Crippen LogP contribution in [0.5, 0.6) is 0 Å². The highest BCUT2D eigenvalue weighted by molar-refractivity contribution is 6.33. The van der Waals surface area contributed by atoms with E-state index in [9.17, 15) is 9.59 Å². The predicted octanol–water partition coefficient (Wildman–Crippen LogP) is 1.64. The molecule has 0 saturated carbocycles. The zero-order valence-corrected chi connectivity index (χ0v) is 12.1. The number of carbonyl (C=O) groups is 2. The second kappa shape index (κ2) is 7.09. The van der Waals surface area contributed by atoms with Crippen molar-refractivity contribution in [3.8, 4) is 0 Å². The van der Waals surface area contributed by atoms with Crippen LogP contribution in [0.4, 0.5) is 0 Å². The van der Waals surface area contributed by atoms with Gasteiger partial charge >= 0.3 is 0 Å². The lowest BCUT2D eigenvalue weighted by molar-refractivity contribution is -0.121. The average Bonchev–Trinajstić information content (AvgIpc) is 2.35. The summed E-state index contributed by atoms with van der Waals surface area (Å²) in [6.07, 6.45) is 2.29. The smallest absolute Gasteiger partial charge is 0.257 e. The van der Waals surface area contributed by atoms with Crippen LogP contribution in [0.2, 0.25) is 5.02 Å². The van der Waals surface area contributed by atoms with E-state index >= 15 is 0 Å². The van der Waals surface area contributed by atoms with Crippen LogP contribution in [0.3, 0.4) is 0 Å². The minimum Gasteiger partial charge on any atom is -0.355 e. The minimum atomic E-state index is -0.316. The van der Waals surface area contributed by atoms with E-state index in [1.54, 1.807) is 20.0 Å². The van der Waals surface area contributed by atoms with Crippen molar-refractivity contribution in [3.05, 3.63) is 28.5 Å². The van der Waals surface area contributed by atoms with Gasteiger partial charge in [-0.25, -0.2) is 0 Å². The van der Waals surface area contributed by atoms with E-state index in [2.05, 4.69) is 10.3 Å². The molecule has 0 atom stereocenters. The van der Waals surface area contributed by atoms with Crippen molar-refractivity contribution < 1.29 is 9.59 Å². The van der Waals surface area contributed by atoms with E-state index in [0.717, 1.165) is 12.1 Å². The molecular weight excluding hydrogens is 266 g/mol. The molecule has 1 aromatic rings. The zero-order valence-electron chi connectivity index (χ0n) is 11.4. The number of amides is 2. The average molecular weight is 284 g/mol. The van der Waals surface area contributed by atoms with Crippen LogP contribution < -0.4 is 5.32 Å². The molecule has 0 spiro atoms. The van der Waals surface area contributed by atoms with Crippen molar-refractivity contribution in [1.29, 1.82) is 0 Å². The molecule has 0 aliphatic heterocycles. The predicted molar refractivity (Wildman–Crippen MR) is 74.2 cm³/mol. The Balaban J connectivity index is 2.69. The zero-order chi connectivity index (χ0) is 14.4. The van der Waals surface area contributed by atoms with Gasteiger partial charge in [-0.05, 0) is 19.4 Å². The summed E-state index contributed by atoms with van der Waals surface area (Å²) in [6.45, 7) is 4.37.